The van der Waals surface area contributed by atoms with E-state index >= 15 is 0 Å². The molecule has 0 saturated carbocycles. The molecule has 4 aromatic rings. The molecule has 0 bridgehead atoms. The molecule has 2 atom stereocenters. The molecular weight excluding hydrogens is 653 g/mol. The summed E-state index contributed by atoms with van der Waals surface area (Å²) in [7, 11) is 0. The van der Waals surface area contributed by atoms with E-state index in [0.29, 0.717) is 10.3 Å². The van der Waals surface area contributed by atoms with Crippen LogP contribution in [0.25, 0.3) is 0 Å². The highest BCUT2D eigenvalue weighted by Crippen LogP contribution is 2.27. The minimum atomic E-state index is -0.368. The van der Waals surface area contributed by atoms with Crippen molar-refractivity contribution < 1.29 is 9.59 Å². The topological polar surface area (TPSA) is 140 Å². The summed E-state index contributed by atoms with van der Waals surface area (Å²) < 4.78 is 0. The lowest BCUT2D eigenvalue weighted by Crippen LogP contribution is -2.48. The SMILES string of the molecule is O=C(Nc1nnc(CCSCCc2nnc(NC(=O)C(c3ccccc3)N3CCNCC3)s2)s1)C(c1ccccc1)N1CCNCC1. The second-order valence-electron chi connectivity index (χ2n) is 11.3. The van der Waals surface area contributed by atoms with Gasteiger partial charge in [-0.25, -0.2) is 0 Å². The third kappa shape index (κ3) is 9.41. The van der Waals surface area contributed by atoms with Crippen molar-refractivity contribution >= 4 is 56.5 Å². The Morgan fingerprint density at radius 2 is 1.06 bits per heavy atom. The molecule has 2 fully saturated rings. The van der Waals surface area contributed by atoms with Crippen LogP contribution in [0, 0.1) is 0 Å². The van der Waals surface area contributed by atoms with Crippen molar-refractivity contribution in [3.63, 3.8) is 0 Å². The van der Waals surface area contributed by atoms with Gasteiger partial charge in [0.1, 0.15) is 22.1 Å². The maximum absolute atomic E-state index is 13.4. The number of benzene rings is 2. The van der Waals surface area contributed by atoms with Crippen molar-refractivity contribution in [2.45, 2.75) is 24.9 Å². The van der Waals surface area contributed by atoms with Gasteiger partial charge in [0, 0.05) is 65.2 Å². The van der Waals surface area contributed by atoms with Crippen LogP contribution in [0.3, 0.4) is 0 Å². The van der Waals surface area contributed by atoms with Crippen molar-refractivity contribution in [2.24, 2.45) is 0 Å². The number of rotatable bonds is 14. The lowest BCUT2D eigenvalue weighted by Gasteiger charge is -2.34. The van der Waals surface area contributed by atoms with E-state index in [0.717, 1.165) is 97.8 Å². The van der Waals surface area contributed by atoms with E-state index < -0.39 is 0 Å². The fraction of sp³-hybridized carbons (Fsp3) is 0.438. The summed E-state index contributed by atoms with van der Waals surface area (Å²) in [5.74, 6) is 1.59. The first kappa shape index (κ1) is 33.6. The van der Waals surface area contributed by atoms with Crippen LogP contribution in [0.2, 0.25) is 0 Å². The van der Waals surface area contributed by atoms with Crippen molar-refractivity contribution in [2.75, 3.05) is 74.5 Å². The Morgan fingerprint density at radius 1 is 0.660 bits per heavy atom. The van der Waals surface area contributed by atoms with Gasteiger partial charge in [0.05, 0.1) is 0 Å². The third-order valence-corrected chi connectivity index (χ3v) is 10.9. The summed E-state index contributed by atoms with van der Waals surface area (Å²) in [4.78, 5) is 31.2. The van der Waals surface area contributed by atoms with Gasteiger partial charge in [0.25, 0.3) is 0 Å². The molecule has 15 heteroatoms. The fourth-order valence-corrected chi connectivity index (χ4v) is 8.41. The summed E-state index contributed by atoms with van der Waals surface area (Å²) in [6, 6.07) is 19.1. The van der Waals surface area contributed by atoms with E-state index in [1.165, 1.54) is 22.7 Å². The number of nitrogens with zero attached hydrogens (tertiary/aromatic N) is 6. The van der Waals surface area contributed by atoms with Crippen LogP contribution in [-0.2, 0) is 22.4 Å². The molecule has 0 radical (unpaired) electrons. The van der Waals surface area contributed by atoms with E-state index in [1.54, 1.807) is 0 Å². The standard InChI is InChI=1S/C32H40N10O2S3/c43-29(27(23-7-3-1-4-8-23)41-17-13-33-14-18-41)35-31-39-37-25(46-31)11-21-45-22-12-26-38-40-32(47-26)36-30(44)28(24-9-5-2-6-10-24)42-19-15-34-16-20-42/h1-10,27-28,33-34H,11-22H2,(H,35,39,43)(H,36,40,44). The van der Waals surface area contributed by atoms with E-state index in [4.69, 9.17) is 0 Å². The molecule has 6 rings (SSSR count). The number of thioether (sulfide) groups is 1. The Bertz CT molecular complexity index is 1440. The smallest absolute Gasteiger partial charge is 0.248 e. The van der Waals surface area contributed by atoms with Crippen LogP contribution in [0.15, 0.2) is 60.7 Å². The highest BCUT2D eigenvalue weighted by Gasteiger charge is 2.30. The van der Waals surface area contributed by atoms with Crippen molar-refractivity contribution in [1.29, 1.82) is 0 Å². The number of nitrogens with one attached hydrogen (secondary N) is 4. The molecule has 2 aliphatic rings. The predicted molar refractivity (Wildman–Crippen MR) is 189 cm³/mol. The van der Waals surface area contributed by atoms with Gasteiger partial charge >= 0.3 is 0 Å². The monoisotopic (exact) mass is 692 g/mol. The molecule has 2 aliphatic heterocycles. The summed E-state index contributed by atoms with van der Waals surface area (Å²) in [6.07, 6.45) is 1.53. The third-order valence-electron chi connectivity index (χ3n) is 8.08. The number of carbonyl (C=O) groups is 2. The number of hydrogen-bond acceptors (Lipinski definition) is 13. The van der Waals surface area contributed by atoms with E-state index in [-0.39, 0.29) is 23.9 Å². The average molecular weight is 693 g/mol. The highest BCUT2D eigenvalue weighted by atomic mass is 32.2. The van der Waals surface area contributed by atoms with Crippen LogP contribution in [0.5, 0.6) is 0 Å². The summed E-state index contributed by atoms with van der Waals surface area (Å²) in [6.45, 7) is 6.68. The van der Waals surface area contributed by atoms with Gasteiger partial charge in [-0.3, -0.25) is 30.0 Å². The lowest BCUT2D eigenvalue weighted by atomic mass is 10.0. The van der Waals surface area contributed by atoms with Gasteiger partial charge in [-0.05, 0) is 22.6 Å². The minimum Gasteiger partial charge on any atom is -0.314 e. The first-order chi connectivity index (χ1) is 23.1. The minimum absolute atomic E-state index is 0.0813. The van der Waals surface area contributed by atoms with Gasteiger partial charge in [0.2, 0.25) is 22.1 Å². The van der Waals surface area contributed by atoms with E-state index in [2.05, 4.69) is 51.5 Å². The Hall–Kier alpha value is -3.31. The van der Waals surface area contributed by atoms with Crippen LogP contribution in [0.1, 0.15) is 33.2 Å². The lowest BCUT2D eigenvalue weighted by molar-refractivity contribution is -0.122. The molecule has 2 aromatic carbocycles. The number of aromatic nitrogens is 4. The van der Waals surface area contributed by atoms with Gasteiger partial charge in [0.15, 0.2) is 0 Å². The van der Waals surface area contributed by atoms with Crippen LogP contribution >= 0.6 is 34.4 Å². The number of anilines is 2. The molecule has 248 valence electrons. The largest absolute Gasteiger partial charge is 0.314 e. The summed E-state index contributed by atoms with van der Waals surface area (Å²) in [5, 5.41) is 32.7. The van der Waals surface area contributed by atoms with Crippen LogP contribution in [0.4, 0.5) is 10.3 Å². The zero-order chi connectivity index (χ0) is 32.3. The Morgan fingerprint density at radius 3 is 1.47 bits per heavy atom. The number of aryl methyl sites for hydroxylation is 2. The zero-order valence-corrected chi connectivity index (χ0v) is 28.6. The van der Waals surface area contributed by atoms with Crippen molar-refractivity contribution in [3.8, 4) is 0 Å². The second-order valence-corrected chi connectivity index (χ2v) is 14.6. The number of hydrogen-bond donors (Lipinski definition) is 4. The number of carbonyl (C=O) groups excluding carboxylic acids is 2. The average Bonchev–Trinajstić information content (AvgIpc) is 3.75. The van der Waals surface area contributed by atoms with Crippen LogP contribution in [-0.4, -0.2) is 106 Å². The predicted octanol–water partition coefficient (Wildman–Crippen LogP) is 3.08. The summed E-state index contributed by atoms with van der Waals surface area (Å²) in [5.41, 5.74) is 1.95. The molecule has 47 heavy (non-hydrogen) atoms. The van der Waals surface area contributed by atoms with E-state index in [1.807, 2.05) is 72.4 Å². The van der Waals surface area contributed by atoms with Crippen LogP contribution < -0.4 is 21.3 Å². The van der Waals surface area contributed by atoms with Gasteiger partial charge in [-0.1, -0.05) is 83.3 Å². The first-order valence-electron chi connectivity index (χ1n) is 16.0. The Kier molecular flexibility index (Phi) is 12.3. The second kappa shape index (κ2) is 17.2. The highest BCUT2D eigenvalue weighted by molar-refractivity contribution is 7.99. The molecule has 4 heterocycles. The summed E-state index contributed by atoms with van der Waals surface area (Å²) >= 11 is 4.67. The quantitative estimate of drug-likeness (QED) is 0.145. The maximum Gasteiger partial charge on any atom is 0.248 e. The van der Waals surface area contributed by atoms with Gasteiger partial charge < -0.3 is 10.6 Å². The van der Waals surface area contributed by atoms with E-state index in [9.17, 15) is 9.59 Å². The molecule has 12 nitrogen and oxygen atoms in total. The zero-order valence-electron chi connectivity index (χ0n) is 26.1. The maximum atomic E-state index is 13.4. The van der Waals surface area contributed by atoms with Crippen molar-refractivity contribution in [1.82, 2.24) is 40.8 Å². The van der Waals surface area contributed by atoms with Gasteiger partial charge in [-0.2, -0.15) is 11.8 Å². The molecule has 4 N–H and O–H groups in total. The Balaban J connectivity index is 0.946. The normalized spacial score (nSPS) is 17.2. The molecule has 2 unspecified atom stereocenters. The van der Waals surface area contributed by atoms with Crippen molar-refractivity contribution in [3.05, 3.63) is 81.8 Å². The molecule has 2 saturated heterocycles. The van der Waals surface area contributed by atoms with Gasteiger partial charge in [-0.15, -0.1) is 20.4 Å². The molecular formula is C32H40N10O2S3. The number of piperazine rings is 2. The molecule has 0 aliphatic carbocycles. The molecule has 2 aromatic heterocycles. The number of amides is 2. The fourth-order valence-electron chi connectivity index (χ4n) is 5.79. The Labute approximate surface area is 287 Å². The molecule has 2 amide bonds. The first-order valence-corrected chi connectivity index (χ1v) is 18.8. The molecule has 0 spiro atoms.